The van der Waals surface area contributed by atoms with E-state index >= 15 is 0 Å². The number of nitrogens with zero attached hydrogens (tertiary/aromatic N) is 3. The van der Waals surface area contributed by atoms with Crippen molar-refractivity contribution in [2.24, 2.45) is 0 Å². The molecular weight excluding hydrogens is 274 g/mol. The van der Waals surface area contributed by atoms with Crippen molar-refractivity contribution >= 4 is 35.2 Å². The molecule has 0 aliphatic heterocycles. The summed E-state index contributed by atoms with van der Waals surface area (Å²) in [6.45, 7) is 2.01. The highest BCUT2D eigenvalue weighted by molar-refractivity contribution is 7.99. The van der Waals surface area contributed by atoms with Crippen LogP contribution < -0.4 is 5.32 Å². The molecule has 2 rings (SSSR count). The van der Waals surface area contributed by atoms with E-state index in [0.29, 0.717) is 10.6 Å². The van der Waals surface area contributed by atoms with Crippen LogP contribution in [0.1, 0.15) is 17.3 Å². The first-order chi connectivity index (χ1) is 8.70. The number of thioether (sulfide) groups is 1. The van der Waals surface area contributed by atoms with E-state index in [1.54, 1.807) is 23.9 Å². The van der Waals surface area contributed by atoms with Crippen LogP contribution in [0.2, 0.25) is 5.02 Å². The number of hydrogen-bond acceptors (Lipinski definition) is 5. The summed E-state index contributed by atoms with van der Waals surface area (Å²) in [6.07, 6.45) is 0. The van der Waals surface area contributed by atoms with E-state index < -0.39 is 0 Å². The van der Waals surface area contributed by atoms with Crippen LogP contribution in [0, 0.1) is 0 Å². The fourth-order valence-corrected chi connectivity index (χ4v) is 2.30. The summed E-state index contributed by atoms with van der Waals surface area (Å²) >= 11 is 7.47. The molecule has 0 aliphatic rings. The Kier molecular flexibility index (Phi) is 4.16. The Morgan fingerprint density at radius 1 is 1.56 bits per heavy atom. The van der Waals surface area contributed by atoms with Crippen molar-refractivity contribution in [1.29, 1.82) is 0 Å². The number of anilines is 1. The monoisotopic (exact) mass is 283 g/mol. The zero-order valence-corrected chi connectivity index (χ0v) is 11.0. The quantitative estimate of drug-likeness (QED) is 0.841. The number of nitrogens with one attached hydrogen (secondary N) is 2. The maximum absolute atomic E-state index is 12.1. The minimum Gasteiger partial charge on any atom is -0.288 e. The lowest BCUT2D eigenvalue weighted by Crippen LogP contribution is -2.14. The summed E-state index contributed by atoms with van der Waals surface area (Å²) in [5.74, 6) is 0.687. The Labute approximate surface area is 112 Å². The van der Waals surface area contributed by atoms with E-state index in [1.165, 1.54) is 0 Å². The minimum atomic E-state index is -0.310. The van der Waals surface area contributed by atoms with Gasteiger partial charge in [-0.3, -0.25) is 10.1 Å². The van der Waals surface area contributed by atoms with Crippen LogP contribution in [0.5, 0.6) is 0 Å². The lowest BCUT2D eigenvalue weighted by atomic mass is 10.2. The molecule has 0 saturated heterocycles. The second-order valence-electron chi connectivity index (χ2n) is 3.26. The molecule has 6 nitrogen and oxygen atoms in total. The Morgan fingerprint density at radius 3 is 3.06 bits per heavy atom. The molecule has 0 aliphatic carbocycles. The average molecular weight is 284 g/mol. The van der Waals surface area contributed by atoms with Gasteiger partial charge in [0.25, 0.3) is 11.9 Å². The van der Waals surface area contributed by atoms with Crippen LogP contribution in [-0.2, 0) is 0 Å². The molecule has 0 saturated carbocycles. The number of tetrazole rings is 1. The van der Waals surface area contributed by atoms with Crippen molar-refractivity contribution < 1.29 is 4.79 Å². The zero-order valence-electron chi connectivity index (χ0n) is 9.48. The van der Waals surface area contributed by atoms with Crippen LogP contribution in [0.4, 0.5) is 5.95 Å². The van der Waals surface area contributed by atoms with Crippen molar-refractivity contribution in [3.05, 3.63) is 28.8 Å². The highest BCUT2D eigenvalue weighted by Gasteiger charge is 2.14. The van der Waals surface area contributed by atoms with Gasteiger partial charge in [-0.2, -0.15) is 5.21 Å². The maximum Gasteiger partial charge on any atom is 0.270 e. The summed E-state index contributed by atoms with van der Waals surface area (Å²) in [7, 11) is 0. The van der Waals surface area contributed by atoms with E-state index in [0.717, 1.165) is 10.6 Å². The van der Waals surface area contributed by atoms with Gasteiger partial charge < -0.3 is 0 Å². The maximum atomic E-state index is 12.1. The van der Waals surface area contributed by atoms with Gasteiger partial charge in [0.2, 0.25) is 0 Å². The first-order valence-electron chi connectivity index (χ1n) is 5.18. The van der Waals surface area contributed by atoms with E-state index in [9.17, 15) is 4.79 Å². The normalized spacial score (nSPS) is 10.3. The topological polar surface area (TPSA) is 83.6 Å². The minimum absolute atomic E-state index is 0.132. The Bertz CT molecular complexity index is 545. The van der Waals surface area contributed by atoms with Crippen molar-refractivity contribution in [3.8, 4) is 0 Å². The summed E-state index contributed by atoms with van der Waals surface area (Å²) in [5.41, 5.74) is 0.499. The second kappa shape index (κ2) is 5.83. The number of benzene rings is 1. The van der Waals surface area contributed by atoms with Crippen molar-refractivity contribution in [1.82, 2.24) is 20.6 Å². The fourth-order valence-electron chi connectivity index (χ4n) is 1.34. The van der Waals surface area contributed by atoms with Gasteiger partial charge in [-0.15, -0.1) is 16.9 Å². The van der Waals surface area contributed by atoms with Crippen LogP contribution in [0.3, 0.4) is 0 Å². The highest BCUT2D eigenvalue weighted by Crippen LogP contribution is 2.26. The SMILES string of the molecule is CCSc1ccc(Cl)cc1C(=O)Nc1nn[nH]n1. The first kappa shape index (κ1) is 12.8. The van der Waals surface area contributed by atoms with Gasteiger partial charge in [0.1, 0.15) is 0 Å². The highest BCUT2D eigenvalue weighted by atomic mass is 35.5. The van der Waals surface area contributed by atoms with Gasteiger partial charge in [-0.1, -0.05) is 23.6 Å². The Morgan fingerprint density at radius 2 is 2.39 bits per heavy atom. The predicted octanol–water partition coefficient (Wildman–Crippen LogP) is 2.22. The zero-order chi connectivity index (χ0) is 13.0. The number of halogens is 1. The third-order valence-corrected chi connectivity index (χ3v) is 3.25. The third kappa shape index (κ3) is 2.99. The molecule has 1 aromatic carbocycles. The number of amides is 1. The number of carbonyl (C=O) groups excluding carboxylic acids is 1. The molecule has 0 bridgehead atoms. The van der Waals surface area contributed by atoms with Crippen LogP contribution in [-0.4, -0.2) is 32.3 Å². The smallest absolute Gasteiger partial charge is 0.270 e. The molecule has 18 heavy (non-hydrogen) atoms. The molecule has 2 N–H and O–H groups in total. The summed E-state index contributed by atoms with van der Waals surface area (Å²) in [6, 6.07) is 5.20. The first-order valence-corrected chi connectivity index (χ1v) is 6.54. The van der Waals surface area contributed by atoms with E-state index in [4.69, 9.17) is 11.6 Å². The van der Waals surface area contributed by atoms with Gasteiger partial charge in [-0.25, -0.2) is 0 Å². The lowest BCUT2D eigenvalue weighted by molar-refractivity contribution is 0.102. The van der Waals surface area contributed by atoms with Crippen molar-refractivity contribution in [2.45, 2.75) is 11.8 Å². The number of aromatic nitrogens is 4. The lowest BCUT2D eigenvalue weighted by Gasteiger charge is -2.07. The van der Waals surface area contributed by atoms with Crippen molar-refractivity contribution in [2.75, 3.05) is 11.1 Å². The largest absolute Gasteiger partial charge is 0.288 e. The molecule has 0 radical (unpaired) electrons. The average Bonchev–Trinajstić information content (AvgIpc) is 2.84. The number of carbonyl (C=O) groups is 1. The molecule has 0 spiro atoms. The molecule has 1 amide bonds. The molecule has 0 fully saturated rings. The van der Waals surface area contributed by atoms with Gasteiger partial charge in [0, 0.05) is 9.92 Å². The van der Waals surface area contributed by atoms with Gasteiger partial charge in [-0.05, 0) is 29.2 Å². The molecule has 1 heterocycles. The van der Waals surface area contributed by atoms with Crippen LogP contribution in [0.15, 0.2) is 23.1 Å². The van der Waals surface area contributed by atoms with E-state index in [-0.39, 0.29) is 11.9 Å². The molecule has 8 heteroatoms. The molecule has 94 valence electrons. The van der Waals surface area contributed by atoms with Gasteiger partial charge in [0.15, 0.2) is 0 Å². The molecule has 0 atom stereocenters. The molecule has 2 aromatic rings. The van der Waals surface area contributed by atoms with Gasteiger partial charge in [0.05, 0.1) is 5.56 Å². The predicted molar refractivity (Wildman–Crippen MR) is 70.0 cm³/mol. The van der Waals surface area contributed by atoms with Crippen LogP contribution >= 0.6 is 23.4 Å². The fraction of sp³-hybridized carbons (Fsp3) is 0.200. The summed E-state index contributed by atoms with van der Waals surface area (Å²) in [5, 5.41) is 16.0. The van der Waals surface area contributed by atoms with Gasteiger partial charge >= 0.3 is 0 Å². The van der Waals surface area contributed by atoms with Crippen LogP contribution in [0.25, 0.3) is 0 Å². The second-order valence-corrected chi connectivity index (χ2v) is 5.01. The molecule has 0 unspecified atom stereocenters. The summed E-state index contributed by atoms with van der Waals surface area (Å²) < 4.78 is 0. The Hall–Kier alpha value is -1.60. The van der Waals surface area contributed by atoms with E-state index in [1.807, 2.05) is 13.0 Å². The number of hydrogen-bond donors (Lipinski definition) is 2. The number of rotatable bonds is 4. The number of H-pyrrole nitrogens is 1. The van der Waals surface area contributed by atoms with E-state index in [2.05, 4.69) is 25.9 Å². The summed E-state index contributed by atoms with van der Waals surface area (Å²) in [4.78, 5) is 12.9. The Balaban J connectivity index is 2.25. The third-order valence-electron chi connectivity index (χ3n) is 2.06. The molecular formula is C10H10ClN5OS. The standard InChI is InChI=1S/C10H10ClN5OS/c1-2-18-8-4-3-6(11)5-7(8)9(17)12-10-13-15-16-14-10/h3-5H,2H2,1H3,(H2,12,13,14,15,16,17). The van der Waals surface area contributed by atoms with Crippen molar-refractivity contribution in [3.63, 3.8) is 0 Å². The molecule has 1 aromatic heterocycles. The number of aromatic amines is 1.